The monoisotopic (exact) mass is 272 g/mol. The van der Waals surface area contributed by atoms with Gasteiger partial charge < -0.3 is 0 Å². The molecule has 0 radical (unpaired) electrons. The number of hydrazone groups is 1. The van der Waals surface area contributed by atoms with Gasteiger partial charge in [0.25, 0.3) is 0 Å². The second kappa shape index (κ2) is 4.45. The molecule has 2 aromatic rings. The number of aryl methyl sites for hydroxylation is 1. The van der Waals surface area contributed by atoms with Gasteiger partial charge in [-0.1, -0.05) is 60.7 Å². The van der Waals surface area contributed by atoms with Crippen LogP contribution in [-0.2, 0) is 6.42 Å². The molecule has 0 atom stereocenters. The molecule has 0 unspecified atom stereocenters. The van der Waals surface area contributed by atoms with Gasteiger partial charge in [0.1, 0.15) is 0 Å². The lowest BCUT2D eigenvalue weighted by Gasteiger charge is -2.19. The van der Waals surface area contributed by atoms with Crippen molar-refractivity contribution in [2.75, 3.05) is 0 Å². The number of benzene rings is 2. The first-order valence-corrected chi connectivity index (χ1v) is 7.14. The number of amidine groups is 1. The van der Waals surface area contributed by atoms with Crippen molar-refractivity contribution in [3.63, 3.8) is 0 Å². The molecular formula is C19H16N2. The van der Waals surface area contributed by atoms with Crippen LogP contribution < -0.4 is 5.43 Å². The predicted molar refractivity (Wildman–Crippen MR) is 88.0 cm³/mol. The van der Waals surface area contributed by atoms with E-state index in [1.54, 1.807) is 0 Å². The zero-order chi connectivity index (χ0) is 14.4. The van der Waals surface area contributed by atoms with Crippen LogP contribution >= 0.6 is 0 Å². The Kier molecular flexibility index (Phi) is 2.58. The van der Waals surface area contributed by atoms with Gasteiger partial charge in [-0.2, -0.15) is 5.10 Å². The van der Waals surface area contributed by atoms with Crippen LogP contribution in [0.1, 0.15) is 27.8 Å². The zero-order valence-corrected chi connectivity index (χ0v) is 12.0. The Morgan fingerprint density at radius 1 is 1.05 bits per heavy atom. The maximum absolute atomic E-state index is 4.22. The molecule has 0 fully saturated rings. The molecule has 0 aromatic heterocycles. The largest absolute Gasteiger partial charge is 0.257 e. The smallest absolute Gasteiger partial charge is 0.173 e. The van der Waals surface area contributed by atoms with Crippen LogP contribution in [-0.4, -0.2) is 5.84 Å². The quantitative estimate of drug-likeness (QED) is 0.883. The van der Waals surface area contributed by atoms with Gasteiger partial charge in [0.15, 0.2) is 5.84 Å². The maximum atomic E-state index is 4.22. The Morgan fingerprint density at radius 2 is 1.76 bits per heavy atom. The standard InChI is InChI=1S/C19H16N2/c1-12-3-4-16-11-17(10-13(2)18(16)9-12)14-5-7-15(8-6-14)19-20-21-19/h3-10H,2,11H2,1H3,(H,20,21). The average Bonchev–Trinajstić information content (AvgIpc) is 3.33. The summed E-state index contributed by atoms with van der Waals surface area (Å²) in [5.74, 6) is 0.976. The summed E-state index contributed by atoms with van der Waals surface area (Å²) in [6.45, 7) is 6.35. The molecule has 0 spiro atoms. The molecule has 0 amide bonds. The van der Waals surface area contributed by atoms with E-state index in [2.05, 4.69) is 72.6 Å². The lowest BCUT2D eigenvalue weighted by Crippen LogP contribution is -2.02. The van der Waals surface area contributed by atoms with Crippen molar-refractivity contribution >= 4 is 17.0 Å². The SMILES string of the molecule is C=C1C=C(c2ccc(C3=NN3)cc2)Cc2ccc(C)cc21. The third kappa shape index (κ3) is 2.19. The Morgan fingerprint density at radius 3 is 2.48 bits per heavy atom. The van der Waals surface area contributed by atoms with Crippen molar-refractivity contribution in [3.8, 4) is 0 Å². The van der Waals surface area contributed by atoms with E-state index in [0.29, 0.717) is 0 Å². The summed E-state index contributed by atoms with van der Waals surface area (Å²) in [6.07, 6.45) is 3.18. The van der Waals surface area contributed by atoms with E-state index in [0.717, 1.165) is 23.4 Å². The summed E-state index contributed by atoms with van der Waals surface area (Å²) >= 11 is 0. The van der Waals surface area contributed by atoms with E-state index in [1.165, 1.54) is 27.8 Å². The summed E-state index contributed by atoms with van der Waals surface area (Å²) in [5.41, 5.74) is 11.7. The normalized spacial score (nSPS) is 15.8. The van der Waals surface area contributed by atoms with Gasteiger partial charge in [0.05, 0.1) is 0 Å². The van der Waals surface area contributed by atoms with Gasteiger partial charge in [-0.05, 0) is 41.2 Å². The highest BCUT2D eigenvalue weighted by molar-refractivity contribution is 6.05. The van der Waals surface area contributed by atoms with Crippen LogP contribution in [0.2, 0.25) is 0 Å². The Hall–Kier alpha value is -2.61. The van der Waals surface area contributed by atoms with Crippen LogP contribution in [0.15, 0.2) is 60.2 Å². The molecule has 2 aromatic carbocycles. The van der Waals surface area contributed by atoms with Crippen LogP contribution in [0.5, 0.6) is 0 Å². The van der Waals surface area contributed by atoms with Gasteiger partial charge in [0.2, 0.25) is 0 Å². The molecule has 2 nitrogen and oxygen atoms in total. The third-order valence-corrected chi connectivity index (χ3v) is 4.09. The Balaban J connectivity index is 1.69. The number of hydrogen-bond acceptors (Lipinski definition) is 2. The van der Waals surface area contributed by atoms with Crippen LogP contribution in [0.3, 0.4) is 0 Å². The molecule has 4 rings (SSSR count). The lowest BCUT2D eigenvalue weighted by molar-refractivity contribution is 1.23. The van der Waals surface area contributed by atoms with Gasteiger partial charge in [-0.15, -0.1) is 0 Å². The molecule has 2 aliphatic rings. The predicted octanol–water partition coefficient (Wildman–Crippen LogP) is 3.91. The molecule has 102 valence electrons. The highest BCUT2D eigenvalue weighted by atomic mass is 15.5. The van der Waals surface area contributed by atoms with E-state index in [9.17, 15) is 0 Å². The summed E-state index contributed by atoms with van der Waals surface area (Å²) in [6, 6.07) is 15.2. The maximum Gasteiger partial charge on any atom is 0.173 e. The molecule has 0 bridgehead atoms. The highest BCUT2D eigenvalue weighted by Crippen LogP contribution is 2.33. The summed E-state index contributed by atoms with van der Waals surface area (Å²) in [7, 11) is 0. The van der Waals surface area contributed by atoms with Crippen molar-refractivity contribution < 1.29 is 0 Å². The number of allylic oxidation sites excluding steroid dienone is 3. The first-order valence-electron chi connectivity index (χ1n) is 7.14. The molecule has 1 heterocycles. The van der Waals surface area contributed by atoms with Crippen molar-refractivity contribution in [3.05, 3.63) is 82.9 Å². The number of nitrogens with zero attached hydrogens (tertiary/aromatic N) is 1. The number of fused-ring (bicyclic) bond motifs is 1. The van der Waals surface area contributed by atoms with Crippen LogP contribution in [0.4, 0.5) is 0 Å². The fourth-order valence-electron chi connectivity index (χ4n) is 2.87. The molecule has 1 aliphatic heterocycles. The summed E-state index contributed by atoms with van der Waals surface area (Å²) in [4.78, 5) is 0. The molecule has 0 saturated heterocycles. The van der Waals surface area contributed by atoms with Crippen LogP contribution in [0.25, 0.3) is 11.1 Å². The molecule has 1 N–H and O–H groups in total. The number of nitrogens with one attached hydrogen (secondary N) is 1. The van der Waals surface area contributed by atoms with E-state index in [4.69, 9.17) is 0 Å². The van der Waals surface area contributed by atoms with Gasteiger partial charge in [-0.25, -0.2) is 0 Å². The second-order valence-electron chi connectivity index (χ2n) is 5.68. The zero-order valence-electron chi connectivity index (χ0n) is 12.0. The van der Waals surface area contributed by atoms with Crippen molar-refractivity contribution in [2.24, 2.45) is 5.10 Å². The molecular weight excluding hydrogens is 256 g/mol. The molecule has 21 heavy (non-hydrogen) atoms. The summed E-state index contributed by atoms with van der Waals surface area (Å²) < 4.78 is 0. The second-order valence-corrected chi connectivity index (χ2v) is 5.68. The fourth-order valence-corrected chi connectivity index (χ4v) is 2.87. The lowest BCUT2D eigenvalue weighted by atomic mass is 9.85. The topological polar surface area (TPSA) is 34.3 Å². The minimum Gasteiger partial charge on any atom is -0.257 e. The van der Waals surface area contributed by atoms with E-state index >= 15 is 0 Å². The number of hydrogen-bond donors (Lipinski definition) is 1. The van der Waals surface area contributed by atoms with Gasteiger partial charge in [-0.3, -0.25) is 5.43 Å². The van der Waals surface area contributed by atoms with Crippen molar-refractivity contribution in [1.82, 2.24) is 5.43 Å². The Labute approximate surface area is 124 Å². The fraction of sp³-hybridized carbons (Fsp3) is 0.105. The molecule has 2 heteroatoms. The van der Waals surface area contributed by atoms with Crippen molar-refractivity contribution in [2.45, 2.75) is 13.3 Å². The number of rotatable bonds is 2. The molecule has 1 aliphatic carbocycles. The van der Waals surface area contributed by atoms with Gasteiger partial charge in [0, 0.05) is 5.56 Å². The molecule has 0 saturated carbocycles. The first kappa shape index (κ1) is 12.2. The average molecular weight is 272 g/mol. The Bertz CT molecular complexity index is 808. The van der Waals surface area contributed by atoms with E-state index in [-0.39, 0.29) is 0 Å². The minimum absolute atomic E-state index is 0.965. The van der Waals surface area contributed by atoms with E-state index in [1.807, 2.05) is 0 Å². The minimum atomic E-state index is 0.965. The van der Waals surface area contributed by atoms with Gasteiger partial charge >= 0.3 is 0 Å². The van der Waals surface area contributed by atoms with Crippen LogP contribution in [0, 0.1) is 6.92 Å². The third-order valence-electron chi connectivity index (χ3n) is 4.09. The van der Waals surface area contributed by atoms with Crippen molar-refractivity contribution in [1.29, 1.82) is 0 Å². The highest BCUT2D eigenvalue weighted by Gasteiger charge is 2.16. The first-order chi connectivity index (χ1) is 10.2. The van der Waals surface area contributed by atoms with E-state index < -0.39 is 0 Å². The summed E-state index contributed by atoms with van der Waals surface area (Å²) in [5, 5.41) is 4.00.